The molecule has 1 amide bonds. The molecule has 2 aromatic rings. The molecule has 0 unspecified atom stereocenters. The molecule has 0 bridgehead atoms. The topological polar surface area (TPSA) is 77.2 Å². The van der Waals surface area contributed by atoms with Crippen molar-refractivity contribution in [2.75, 3.05) is 0 Å². The Morgan fingerprint density at radius 2 is 2.20 bits per heavy atom. The number of nitrogens with zero attached hydrogens (tertiary/aromatic N) is 2. The first-order valence-electron chi connectivity index (χ1n) is 5.80. The Morgan fingerprint density at radius 3 is 2.80 bits per heavy atom. The summed E-state index contributed by atoms with van der Waals surface area (Å²) in [4.78, 5) is 22.2. The standard InChI is InChI=1S/C13H12BrN3O3/c1-16-5-4-9(8-16)7-15-13(18)11-6-10(17(19)20)2-3-12(11)14/h2-6,8H,7H2,1H3,(H,15,18). The molecular formula is C13H12BrN3O3. The van der Waals surface area contributed by atoms with Gasteiger partial charge in [-0.05, 0) is 33.6 Å². The first-order chi connectivity index (χ1) is 9.47. The van der Waals surface area contributed by atoms with Crippen LogP contribution < -0.4 is 5.32 Å². The number of nitrogens with one attached hydrogen (secondary N) is 1. The molecule has 2 rings (SSSR count). The number of non-ortho nitro benzene ring substituents is 1. The van der Waals surface area contributed by atoms with Gasteiger partial charge in [-0.3, -0.25) is 14.9 Å². The number of nitro groups is 1. The van der Waals surface area contributed by atoms with Crippen LogP contribution in [-0.4, -0.2) is 15.4 Å². The summed E-state index contributed by atoms with van der Waals surface area (Å²) in [6.45, 7) is 0.370. The van der Waals surface area contributed by atoms with Crippen LogP contribution in [0.5, 0.6) is 0 Å². The lowest BCUT2D eigenvalue weighted by atomic mass is 10.2. The number of hydrogen-bond acceptors (Lipinski definition) is 3. The molecule has 1 aromatic heterocycles. The third-order valence-corrected chi connectivity index (χ3v) is 3.44. The molecule has 1 aromatic carbocycles. The predicted molar refractivity (Wildman–Crippen MR) is 77.4 cm³/mol. The van der Waals surface area contributed by atoms with Gasteiger partial charge in [-0.15, -0.1) is 0 Å². The van der Waals surface area contributed by atoms with Crippen molar-refractivity contribution in [3.63, 3.8) is 0 Å². The van der Waals surface area contributed by atoms with E-state index >= 15 is 0 Å². The first kappa shape index (κ1) is 14.3. The second-order valence-corrected chi connectivity index (χ2v) is 5.14. The predicted octanol–water partition coefficient (Wildman–Crippen LogP) is 2.63. The van der Waals surface area contributed by atoms with Crippen LogP contribution in [0.4, 0.5) is 5.69 Å². The van der Waals surface area contributed by atoms with Crippen LogP contribution in [0.25, 0.3) is 0 Å². The highest BCUT2D eigenvalue weighted by Gasteiger charge is 2.15. The summed E-state index contributed by atoms with van der Waals surface area (Å²) in [5.74, 6) is -0.357. The SMILES string of the molecule is Cn1ccc(CNC(=O)c2cc([N+](=O)[O-])ccc2Br)c1. The molecule has 0 radical (unpaired) electrons. The summed E-state index contributed by atoms with van der Waals surface area (Å²) in [6.07, 6.45) is 3.77. The van der Waals surface area contributed by atoms with E-state index in [1.807, 2.05) is 30.1 Å². The largest absolute Gasteiger partial charge is 0.357 e. The smallest absolute Gasteiger partial charge is 0.270 e. The maximum Gasteiger partial charge on any atom is 0.270 e. The van der Waals surface area contributed by atoms with Crippen molar-refractivity contribution in [1.29, 1.82) is 0 Å². The molecule has 0 saturated heterocycles. The van der Waals surface area contributed by atoms with Gasteiger partial charge in [-0.2, -0.15) is 0 Å². The third kappa shape index (κ3) is 3.24. The van der Waals surface area contributed by atoms with E-state index < -0.39 is 4.92 Å². The number of halogens is 1. The average Bonchev–Trinajstić information content (AvgIpc) is 2.82. The van der Waals surface area contributed by atoms with Gasteiger partial charge >= 0.3 is 0 Å². The van der Waals surface area contributed by atoms with E-state index in [2.05, 4.69) is 21.2 Å². The number of carbonyl (C=O) groups is 1. The molecule has 0 saturated carbocycles. The van der Waals surface area contributed by atoms with E-state index in [9.17, 15) is 14.9 Å². The van der Waals surface area contributed by atoms with Gasteiger partial charge in [0, 0.05) is 42.6 Å². The molecule has 0 atom stereocenters. The number of hydrogen-bond donors (Lipinski definition) is 1. The van der Waals surface area contributed by atoms with Gasteiger partial charge in [0.2, 0.25) is 0 Å². The Morgan fingerprint density at radius 1 is 1.45 bits per heavy atom. The van der Waals surface area contributed by atoms with Crippen molar-refractivity contribution in [3.05, 3.63) is 62.4 Å². The highest BCUT2D eigenvalue weighted by molar-refractivity contribution is 9.10. The summed E-state index contributed by atoms with van der Waals surface area (Å²) in [5, 5.41) is 13.5. The summed E-state index contributed by atoms with van der Waals surface area (Å²) in [6, 6.07) is 5.99. The van der Waals surface area contributed by atoms with Gasteiger partial charge in [-0.1, -0.05) is 0 Å². The van der Waals surface area contributed by atoms with Crippen molar-refractivity contribution in [3.8, 4) is 0 Å². The van der Waals surface area contributed by atoms with Crippen molar-refractivity contribution < 1.29 is 9.72 Å². The second-order valence-electron chi connectivity index (χ2n) is 4.29. The Kier molecular flexibility index (Phi) is 4.19. The van der Waals surface area contributed by atoms with E-state index in [1.165, 1.54) is 18.2 Å². The molecule has 0 aliphatic carbocycles. The number of rotatable bonds is 4. The Balaban J connectivity index is 2.12. The van der Waals surface area contributed by atoms with Gasteiger partial charge in [0.05, 0.1) is 10.5 Å². The average molecular weight is 338 g/mol. The van der Waals surface area contributed by atoms with E-state index in [4.69, 9.17) is 0 Å². The van der Waals surface area contributed by atoms with Crippen molar-refractivity contribution in [1.82, 2.24) is 9.88 Å². The van der Waals surface area contributed by atoms with Crippen LogP contribution in [0.15, 0.2) is 41.1 Å². The zero-order valence-corrected chi connectivity index (χ0v) is 12.3. The fourth-order valence-electron chi connectivity index (χ4n) is 1.74. The number of nitro benzene ring substituents is 1. The Hall–Kier alpha value is -2.15. The van der Waals surface area contributed by atoms with Gasteiger partial charge in [0.15, 0.2) is 0 Å². The maximum absolute atomic E-state index is 12.0. The minimum Gasteiger partial charge on any atom is -0.357 e. The molecule has 6 nitrogen and oxygen atoms in total. The minimum absolute atomic E-state index is 0.113. The minimum atomic E-state index is -0.527. The molecule has 0 spiro atoms. The van der Waals surface area contributed by atoms with Crippen molar-refractivity contribution in [2.45, 2.75) is 6.54 Å². The quantitative estimate of drug-likeness (QED) is 0.688. The summed E-state index contributed by atoms with van der Waals surface area (Å²) < 4.78 is 2.40. The van der Waals surface area contributed by atoms with E-state index in [0.29, 0.717) is 11.0 Å². The van der Waals surface area contributed by atoms with Crippen molar-refractivity contribution in [2.24, 2.45) is 7.05 Å². The normalized spacial score (nSPS) is 10.3. The Labute approximate surface area is 123 Å². The number of amides is 1. The number of aryl methyl sites for hydroxylation is 1. The van der Waals surface area contributed by atoms with Gasteiger partial charge in [-0.25, -0.2) is 0 Å². The van der Waals surface area contributed by atoms with Crippen LogP contribution in [0.3, 0.4) is 0 Å². The second kappa shape index (κ2) is 5.87. The summed E-state index contributed by atoms with van der Waals surface area (Å²) in [7, 11) is 1.89. The molecular weight excluding hydrogens is 326 g/mol. The van der Waals surface area contributed by atoms with E-state index in [0.717, 1.165) is 5.56 Å². The monoisotopic (exact) mass is 337 g/mol. The lowest BCUT2D eigenvalue weighted by Crippen LogP contribution is -2.23. The van der Waals surface area contributed by atoms with Crippen LogP contribution in [0, 0.1) is 10.1 Å². The van der Waals surface area contributed by atoms with Gasteiger partial charge in [0.25, 0.3) is 11.6 Å². The molecule has 20 heavy (non-hydrogen) atoms. The zero-order valence-electron chi connectivity index (χ0n) is 10.7. The fraction of sp³-hybridized carbons (Fsp3) is 0.154. The van der Waals surface area contributed by atoms with Crippen LogP contribution in [0.1, 0.15) is 15.9 Å². The molecule has 7 heteroatoms. The number of benzene rings is 1. The zero-order chi connectivity index (χ0) is 14.7. The molecule has 0 aliphatic heterocycles. The molecule has 1 heterocycles. The highest BCUT2D eigenvalue weighted by Crippen LogP contribution is 2.22. The molecule has 104 valence electrons. The fourth-order valence-corrected chi connectivity index (χ4v) is 2.17. The highest BCUT2D eigenvalue weighted by atomic mass is 79.9. The van der Waals surface area contributed by atoms with E-state index in [1.54, 1.807) is 0 Å². The Bertz CT molecular complexity index is 667. The maximum atomic E-state index is 12.0. The molecule has 1 N–H and O–H groups in total. The number of aromatic nitrogens is 1. The van der Waals surface area contributed by atoms with Crippen LogP contribution >= 0.6 is 15.9 Å². The van der Waals surface area contributed by atoms with Crippen LogP contribution in [-0.2, 0) is 13.6 Å². The lowest BCUT2D eigenvalue weighted by molar-refractivity contribution is -0.384. The van der Waals surface area contributed by atoms with Crippen molar-refractivity contribution >= 4 is 27.5 Å². The number of carbonyl (C=O) groups excluding carboxylic acids is 1. The molecule has 0 fully saturated rings. The van der Waals surface area contributed by atoms with Gasteiger partial charge < -0.3 is 9.88 Å². The summed E-state index contributed by atoms with van der Waals surface area (Å²) >= 11 is 3.22. The van der Waals surface area contributed by atoms with Gasteiger partial charge in [0.1, 0.15) is 0 Å². The molecule has 0 aliphatic rings. The third-order valence-electron chi connectivity index (χ3n) is 2.75. The lowest BCUT2D eigenvalue weighted by Gasteiger charge is -2.06. The first-order valence-corrected chi connectivity index (χ1v) is 6.59. The van der Waals surface area contributed by atoms with Crippen LogP contribution in [0.2, 0.25) is 0 Å². The summed E-state index contributed by atoms with van der Waals surface area (Å²) in [5.41, 5.74) is 1.09. The van der Waals surface area contributed by atoms with E-state index in [-0.39, 0.29) is 17.2 Å².